The summed E-state index contributed by atoms with van der Waals surface area (Å²) in [6, 6.07) is 1.69. The van der Waals surface area contributed by atoms with Gasteiger partial charge in [0.15, 0.2) is 11.5 Å². The van der Waals surface area contributed by atoms with Gasteiger partial charge in [-0.1, -0.05) is 6.07 Å². The van der Waals surface area contributed by atoms with E-state index in [-0.39, 0.29) is 5.56 Å². The van der Waals surface area contributed by atoms with Crippen LogP contribution < -0.4 is 5.32 Å². The second kappa shape index (κ2) is 5.90. The number of hydrogen-bond donors (Lipinski definition) is 3. The topological polar surface area (TPSA) is 95.9 Å². The number of benzene rings is 1. The number of hydrogen-bond acceptors (Lipinski definition) is 5. The number of carbonyl (C=O) groups excluding carboxylic acids is 2. The van der Waals surface area contributed by atoms with Gasteiger partial charge in [0.1, 0.15) is 6.04 Å². The lowest BCUT2D eigenvalue weighted by Gasteiger charge is -2.15. The molecule has 1 unspecified atom stereocenters. The van der Waals surface area contributed by atoms with Crippen molar-refractivity contribution in [3.63, 3.8) is 0 Å². The summed E-state index contributed by atoms with van der Waals surface area (Å²) in [6.07, 6.45) is -2.33. The van der Waals surface area contributed by atoms with Crippen LogP contribution in [-0.4, -0.2) is 35.2 Å². The van der Waals surface area contributed by atoms with Crippen molar-refractivity contribution in [2.24, 2.45) is 0 Å². The van der Waals surface area contributed by atoms with Gasteiger partial charge in [0.05, 0.1) is 7.11 Å². The number of amides is 1. The quantitative estimate of drug-likeness (QED) is 0.532. The Balaban J connectivity index is 3.23. The zero-order valence-corrected chi connectivity index (χ0v) is 9.93. The van der Waals surface area contributed by atoms with Crippen molar-refractivity contribution < 1.29 is 27.3 Å². The fraction of sp³-hybridized carbons (Fsp3) is 0.333. The molecule has 0 radical (unpaired) electrons. The van der Waals surface area contributed by atoms with Crippen LogP contribution in [0.2, 0.25) is 0 Å². The van der Waals surface area contributed by atoms with Crippen LogP contribution in [-0.2, 0) is 20.7 Å². The Morgan fingerprint density at radius 2 is 2.11 bits per heavy atom. The zero-order valence-electron chi connectivity index (χ0n) is 11.9. The number of esters is 1. The van der Waals surface area contributed by atoms with Crippen LogP contribution in [0.1, 0.15) is 15.2 Å². The van der Waals surface area contributed by atoms with Gasteiger partial charge in [0, 0.05) is 16.0 Å². The summed E-state index contributed by atoms with van der Waals surface area (Å²) in [7, 11) is 1.07. The van der Waals surface area contributed by atoms with Gasteiger partial charge in [-0.3, -0.25) is 4.79 Å². The third-order valence-electron chi connectivity index (χ3n) is 2.07. The first-order chi connectivity index (χ1) is 9.20. The van der Waals surface area contributed by atoms with Crippen LogP contribution >= 0.6 is 0 Å². The van der Waals surface area contributed by atoms with Crippen LogP contribution in [0.15, 0.2) is 18.2 Å². The van der Waals surface area contributed by atoms with Crippen molar-refractivity contribution in [1.82, 2.24) is 5.32 Å². The normalized spacial score (nSPS) is 14.1. The maximum Gasteiger partial charge on any atom is 0.328 e. The molecule has 0 aliphatic carbocycles. The molecule has 1 aromatic rings. The first kappa shape index (κ1) is 10.9. The Bertz CT molecular complexity index is 533. The lowest BCUT2D eigenvalue weighted by Crippen LogP contribution is -2.41. The standard InChI is InChI=1S/C12H15NO5/c1-7(14)13-9(12(17)18-2)5-8-3-4-10(15)11(16)6-8/h3-4,6,9,15-16H,5H2,1-2H3,(H,13,14)/i5D2. The Morgan fingerprint density at radius 3 is 2.61 bits per heavy atom. The van der Waals surface area contributed by atoms with E-state index >= 15 is 0 Å². The molecule has 0 saturated carbocycles. The summed E-state index contributed by atoms with van der Waals surface area (Å²) in [5.41, 5.74) is -0.0862. The minimum Gasteiger partial charge on any atom is -0.504 e. The van der Waals surface area contributed by atoms with Crippen molar-refractivity contribution in [1.29, 1.82) is 0 Å². The summed E-state index contributed by atoms with van der Waals surface area (Å²) in [5, 5.41) is 20.8. The van der Waals surface area contributed by atoms with Crippen molar-refractivity contribution in [3.8, 4) is 11.5 Å². The van der Waals surface area contributed by atoms with Gasteiger partial charge in [0.2, 0.25) is 5.91 Å². The predicted molar refractivity (Wildman–Crippen MR) is 63.1 cm³/mol. The minimum atomic E-state index is -2.33. The molecule has 1 aromatic carbocycles. The minimum absolute atomic E-state index is 0.0862. The summed E-state index contributed by atoms with van der Waals surface area (Å²) < 4.78 is 20.4. The number of rotatable bonds is 4. The average Bonchev–Trinajstić information content (AvgIpc) is 2.37. The zero-order chi connectivity index (χ0) is 15.5. The SMILES string of the molecule is [2H]C([2H])(c1ccc(O)c(O)c1)C(NC(C)=O)C(=O)OC. The van der Waals surface area contributed by atoms with E-state index in [0.717, 1.165) is 26.2 Å². The monoisotopic (exact) mass is 255 g/mol. The Hall–Kier alpha value is -2.24. The first-order valence-electron chi connectivity index (χ1n) is 6.07. The van der Waals surface area contributed by atoms with Crippen LogP contribution in [0.3, 0.4) is 0 Å². The molecule has 3 N–H and O–H groups in total. The van der Waals surface area contributed by atoms with Crippen LogP contribution in [0, 0.1) is 0 Å². The van der Waals surface area contributed by atoms with Gasteiger partial charge in [0.25, 0.3) is 0 Å². The third kappa shape index (κ3) is 3.65. The van der Waals surface area contributed by atoms with E-state index in [4.69, 9.17) is 2.74 Å². The van der Waals surface area contributed by atoms with E-state index in [0.29, 0.717) is 0 Å². The van der Waals surface area contributed by atoms with Crippen LogP contribution in [0.4, 0.5) is 0 Å². The molecule has 6 heteroatoms. The van der Waals surface area contributed by atoms with E-state index in [9.17, 15) is 19.8 Å². The number of carbonyl (C=O) groups is 2. The molecule has 18 heavy (non-hydrogen) atoms. The number of methoxy groups -OCH3 is 1. The molecule has 1 amide bonds. The maximum absolute atomic E-state index is 11.6. The number of nitrogens with one attached hydrogen (secondary N) is 1. The average molecular weight is 255 g/mol. The molecule has 0 spiro atoms. The van der Waals surface area contributed by atoms with Gasteiger partial charge in [-0.25, -0.2) is 4.79 Å². The smallest absolute Gasteiger partial charge is 0.328 e. The summed E-state index contributed by atoms with van der Waals surface area (Å²) in [5.74, 6) is -2.51. The number of ether oxygens (including phenoxy) is 1. The molecule has 6 nitrogen and oxygen atoms in total. The summed E-state index contributed by atoms with van der Waals surface area (Å²) in [4.78, 5) is 22.7. The van der Waals surface area contributed by atoms with Gasteiger partial charge in [-0.2, -0.15) is 0 Å². The Kier molecular flexibility index (Phi) is 3.57. The molecule has 1 rings (SSSR count). The van der Waals surface area contributed by atoms with E-state index in [1.807, 2.05) is 0 Å². The van der Waals surface area contributed by atoms with E-state index in [2.05, 4.69) is 10.1 Å². The van der Waals surface area contributed by atoms with E-state index in [1.54, 1.807) is 0 Å². The highest BCUT2D eigenvalue weighted by molar-refractivity contribution is 5.83. The van der Waals surface area contributed by atoms with E-state index < -0.39 is 35.8 Å². The van der Waals surface area contributed by atoms with Crippen LogP contribution in [0.25, 0.3) is 0 Å². The van der Waals surface area contributed by atoms with Gasteiger partial charge >= 0.3 is 5.97 Å². The molecular formula is C12H15NO5. The largest absolute Gasteiger partial charge is 0.504 e. The molecule has 98 valence electrons. The fourth-order valence-corrected chi connectivity index (χ4v) is 1.25. The van der Waals surface area contributed by atoms with Crippen molar-refractivity contribution >= 4 is 11.9 Å². The Labute approximate surface area is 107 Å². The number of phenolic OH excluding ortho intramolecular Hbond substituents is 2. The van der Waals surface area contributed by atoms with Gasteiger partial charge in [-0.05, 0) is 17.7 Å². The maximum atomic E-state index is 11.6. The molecule has 0 aliphatic rings. The molecule has 0 fully saturated rings. The molecular weight excluding hydrogens is 238 g/mol. The molecule has 0 saturated heterocycles. The highest BCUT2D eigenvalue weighted by atomic mass is 16.5. The molecule has 0 aromatic heterocycles. The number of aromatic hydroxyl groups is 2. The second-order valence-corrected chi connectivity index (χ2v) is 3.50. The van der Waals surface area contributed by atoms with Gasteiger partial charge in [-0.15, -0.1) is 0 Å². The lowest BCUT2D eigenvalue weighted by molar-refractivity contribution is -0.144. The Morgan fingerprint density at radius 1 is 1.44 bits per heavy atom. The lowest BCUT2D eigenvalue weighted by atomic mass is 10.1. The van der Waals surface area contributed by atoms with Gasteiger partial charge < -0.3 is 20.3 Å². The van der Waals surface area contributed by atoms with Crippen molar-refractivity contribution in [2.75, 3.05) is 7.11 Å². The molecule has 1 atom stereocenters. The molecule has 0 heterocycles. The van der Waals surface area contributed by atoms with E-state index in [1.165, 1.54) is 6.07 Å². The highest BCUT2D eigenvalue weighted by Crippen LogP contribution is 2.25. The van der Waals surface area contributed by atoms with Crippen LogP contribution in [0.5, 0.6) is 11.5 Å². The summed E-state index contributed by atoms with van der Waals surface area (Å²) in [6.45, 7) is 1.14. The number of phenols is 2. The molecule has 0 bridgehead atoms. The fourth-order valence-electron chi connectivity index (χ4n) is 1.25. The third-order valence-corrected chi connectivity index (χ3v) is 2.07. The molecule has 0 aliphatic heterocycles. The second-order valence-electron chi connectivity index (χ2n) is 3.50. The van der Waals surface area contributed by atoms with Crippen molar-refractivity contribution in [3.05, 3.63) is 23.8 Å². The highest BCUT2D eigenvalue weighted by Gasteiger charge is 2.20. The summed E-state index contributed by atoms with van der Waals surface area (Å²) >= 11 is 0. The predicted octanol–water partition coefficient (Wildman–Crippen LogP) is 0.318. The van der Waals surface area contributed by atoms with Crippen molar-refractivity contribution in [2.45, 2.75) is 19.3 Å². The first-order valence-corrected chi connectivity index (χ1v) is 5.07.